The first-order valence-corrected chi connectivity index (χ1v) is 6.11. The van der Waals surface area contributed by atoms with E-state index >= 15 is 0 Å². The predicted octanol–water partition coefficient (Wildman–Crippen LogP) is 3.46. The second-order valence-electron chi connectivity index (χ2n) is 4.89. The summed E-state index contributed by atoms with van der Waals surface area (Å²) >= 11 is 0. The Bertz CT molecular complexity index is 585. The van der Waals surface area contributed by atoms with Crippen molar-refractivity contribution in [2.75, 3.05) is 0 Å². The highest BCUT2D eigenvalue weighted by Crippen LogP contribution is 2.25. The number of rotatable bonds is 2. The van der Waals surface area contributed by atoms with Gasteiger partial charge in [0, 0.05) is 5.69 Å². The molecular formula is C14H18FN3. The van der Waals surface area contributed by atoms with E-state index in [2.05, 4.69) is 23.9 Å². The van der Waals surface area contributed by atoms with Crippen molar-refractivity contribution >= 4 is 0 Å². The smallest absolute Gasteiger partial charge is 0.213 e. The normalized spacial score (nSPS) is 11.3. The Balaban J connectivity index is 2.62. The lowest BCUT2D eigenvalue weighted by Crippen LogP contribution is -2.04. The summed E-state index contributed by atoms with van der Waals surface area (Å²) in [5.74, 6) is -0.0330. The average Bonchev–Trinajstić information content (AvgIpc) is 2.54. The minimum Gasteiger partial charge on any atom is -0.236 e. The summed E-state index contributed by atoms with van der Waals surface area (Å²) in [6.07, 6.45) is 0. The van der Waals surface area contributed by atoms with Gasteiger partial charge in [-0.2, -0.15) is 9.49 Å². The molecule has 0 saturated carbocycles. The van der Waals surface area contributed by atoms with E-state index in [0.29, 0.717) is 11.6 Å². The van der Waals surface area contributed by atoms with Crippen LogP contribution in [-0.2, 0) is 0 Å². The number of halogens is 1. The number of aryl methyl sites for hydroxylation is 2. The molecule has 96 valence electrons. The summed E-state index contributed by atoms with van der Waals surface area (Å²) in [5.41, 5.74) is 4.85. The van der Waals surface area contributed by atoms with Gasteiger partial charge in [0.15, 0.2) is 0 Å². The van der Waals surface area contributed by atoms with Gasteiger partial charge in [-0.15, -0.1) is 0 Å². The van der Waals surface area contributed by atoms with Gasteiger partial charge in [-0.05, 0) is 44.4 Å². The summed E-state index contributed by atoms with van der Waals surface area (Å²) in [6.45, 7) is 10.1. The number of nitrogens with zero attached hydrogens (tertiary/aromatic N) is 3. The molecule has 0 N–H and O–H groups in total. The second kappa shape index (κ2) is 4.52. The van der Waals surface area contributed by atoms with Gasteiger partial charge in [-0.25, -0.2) is 9.67 Å². The van der Waals surface area contributed by atoms with Crippen LogP contribution in [0.4, 0.5) is 4.39 Å². The maximum atomic E-state index is 13.0. The minimum absolute atomic E-state index is 0.424. The van der Waals surface area contributed by atoms with Crippen molar-refractivity contribution < 1.29 is 4.39 Å². The van der Waals surface area contributed by atoms with Crippen LogP contribution in [0.15, 0.2) is 12.1 Å². The molecule has 0 aliphatic heterocycles. The fraction of sp³-hybridized carbons (Fsp3) is 0.429. The monoisotopic (exact) mass is 247 g/mol. The van der Waals surface area contributed by atoms with Crippen molar-refractivity contribution in [1.29, 1.82) is 0 Å². The van der Waals surface area contributed by atoms with Crippen LogP contribution in [0.3, 0.4) is 0 Å². The molecule has 0 spiro atoms. The van der Waals surface area contributed by atoms with Crippen LogP contribution in [0.25, 0.3) is 5.69 Å². The average molecular weight is 247 g/mol. The lowest BCUT2D eigenvalue weighted by molar-refractivity contribution is 0.578. The standard InChI is InChI=1S/C14H18FN3/c1-8(2)14-10(4)17-18(11(14)5)12-6-7-13(15)16-9(12)3/h6-8H,1-5H3. The molecule has 0 bridgehead atoms. The molecule has 3 nitrogen and oxygen atoms in total. The molecule has 2 aromatic heterocycles. The maximum Gasteiger partial charge on any atom is 0.213 e. The molecule has 0 unspecified atom stereocenters. The molecule has 0 fully saturated rings. The zero-order chi connectivity index (χ0) is 13.4. The summed E-state index contributed by atoms with van der Waals surface area (Å²) in [4.78, 5) is 3.85. The van der Waals surface area contributed by atoms with Gasteiger partial charge in [0.2, 0.25) is 5.95 Å². The Morgan fingerprint density at radius 1 is 1.11 bits per heavy atom. The molecule has 0 radical (unpaired) electrons. The highest BCUT2D eigenvalue weighted by Gasteiger charge is 2.16. The maximum absolute atomic E-state index is 13.0. The van der Waals surface area contributed by atoms with Gasteiger partial charge in [0.05, 0.1) is 17.1 Å². The lowest BCUT2D eigenvalue weighted by Gasteiger charge is -2.09. The molecule has 0 aliphatic rings. The highest BCUT2D eigenvalue weighted by molar-refractivity contribution is 5.40. The number of aromatic nitrogens is 3. The minimum atomic E-state index is -0.457. The second-order valence-corrected chi connectivity index (χ2v) is 4.89. The SMILES string of the molecule is Cc1nc(F)ccc1-n1nc(C)c(C(C)C)c1C. The third-order valence-electron chi connectivity index (χ3n) is 3.18. The van der Waals surface area contributed by atoms with E-state index in [1.807, 2.05) is 18.5 Å². The topological polar surface area (TPSA) is 30.7 Å². The van der Waals surface area contributed by atoms with E-state index in [1.165, 1.54) is 11.6 Å². The van der Waals surface area contributed by atoms with Crippen LogP contribution in [0, 0.1) is 26.7 Å². The zero-order valence-corrected chi connectivity index (χ0v) is 11.5. The van der Waals surface area contributed by atoms with Crippen LogP contribution in [-0.4, -0.2) is 14.8 Å². The Morgan fingerprint density at radius 3 is 2.28 bits per heavy atom. The fourth-order valence-corrected chi connectivity index (χ4v) is 2.47. The Hall–Kier alpha value is -1.71. The third kappa shape index (κ3) is 2.03. The first-order chi connectivity index (χ1) is 8.41. The van der Waals surface area contributed by atoms with E-state index in [4.69, 9.17) is 0 Å². The van der Waals surface area contributed by atoms with E-state index in [1.54, 1.807) is 13.0 Å². The molecule has 0 atom stereocenters. The van der Waals surface area contributed by atoms with E-state index < -0.39 is 5.95 Å². The van der Waals surface area contributed by atoms with Gasteiger partial charge in [-0.1, -0.05) is 13.8 Å². The Kier molecular flexibility index (Phi) is 3.20. The number of hydrogen-bond acceptors (Lipinski definition) is 2. The van der Waals surface area contributed by atoms with Crippen molar-refractivity contribution in [1.82, 2.24) is 14.8 Å². The number of pyridine rings is 1. The summed E-state index contributed by atoms with van der Waals surface area (Å²) < 4.78 is 14.9. The molecule has 0 amide bonds. The van der Waals surface area contributed by atoms with Crippen LogP contribution < -0.4 is 0 Å². The van der Waals surface area contributed by atoms with Gasteiger partial charge in [0.25, 0.3) is 0 Å². The van der Waals surface area contributed by atoms with Crippen molar-refractivity contribution in [2.24, 2.45) is 0 Å². The Morgan fingerprint density at radius 2 is 1.78 bits per heavy atom. The van der Waals surface area contributed by atoms with Crippen molar-refractivity contribution in [2.45, 2.75) is 40.5 Å². The first kappa shape index (κ1) is 12.7. The summed E-state index contributed by atoms with van der Waals surface area (Å²) in [5, 5.41) is 4.55. The largest absolute Gasteiger partial charge is 0.236 e. The molecule has 2 rings (SSSR count). The fourth-order valence-electron chi connectivity index (χ4n) is 2.47. The molecule has 2 aromatic rings. The molecular weight excluding hydrogens is 229 g/mol. The van der Waals surface area contributed by atoms with Crippen LogP contribution in [0.2, 0.25) is 0 Å². The van der Waals surface area contributed by atoms with Crippen LogP contribution >= 0.6 is 0 Å². The summed E-state index contributed by atoms with van der Waals surface area (Å²) in [6, 6.07) is 3.09. The predicted molar refractivity (Wildman–Crippen MR) is 69.6 cm³/mol. The molecule has 0 aliphatic carbocycles. The lowest BCUT2D eigenvalue weighted by atomic mass is 10.0. The first-order valence-electron chi connectivity index (χ1n) is 6.11. The molecule has 18 heavy (non-hydrogen) atoms. The zero-order valence-electron chi connectivity index (χ0n) is 11.5. The van der Waals surface area contributed by atoms with Gasteiger partial charge in [-0.3, -0.25) is 0 Å². The van der Waals surface area contributed by atoms with Crippen LogP contribution in [0.5, 0.6) is 0 Å². The molecule has 2 heterocycles. The van der Waals surface area contributed by atoms with Crippen LogP contribution in [0.1, 0.15) is 42.4 Å². The van der Waals surface area contributed by atoms with Gasteiger partial charge < -0.3 is 0 Å². The van der Waals surface area contributed by atoms with Gasteiger partial charge >= 0.3 is 0 Å². The van der Waals surface area contributed by atoms with E-state index in [0.717, 1.165) is 17.1 Å². The molecule has 0 aromatic carbocycles. The van der Waals surface area contributed by atoms with Crippen molar-refractivity contribution in [3.05, 3.63) is 40.7 Å². The van der Waals surface area contributed by atoms with Crippen molar-refractivity contribution in [3.63, 3.8) is 0 Å². The number of hydrogen-bond donors (Lipinski definition) is 0. The van der Waals surface area contributed by atoms with Crippen molar-refractivity contribution in [3.8, 4) is 5.69 Å². The quantitative estimate of drug-likeness (QED) is 0.761. The van der Waals surface area contributed by atoms with Gasteiger partial charge in [0.1, 0.15) is 0 Å². The Labute approximate surface area is 107 Å². The summed E-state index contributed by atoms with van der Waals surface area (Å²) in [7, 11) is 0. The molecule has 4 heteroatoms. The molecule has 0 saturated heterocycles. The third-order valence-corrected chi connectivity index (χ3v) is 3.18. The van der Waals surface area contributed by atoms with E-state index in [9.17, 15) is 4.39 Å². The highest BCUT2D eigenvalue weighted by atomic mass is 19.1. The van der Waals surface area contributed by atoms with E-state index in [-0.39, 0.29) is 0 Å².